The fourth-order valence-corrected chi connectivity index (χ4v) is 17.9. The van der Waals surface area contributed by atoms with Gasteiger partial charge < -0.3 is 0 Å². The summed E-state index contributed by atoms with van der Waals surface area (Å²) in [7, 11) is 0. The molecule has 0 nitrogen and oxygen atoms in total. The van der Waals surface area contributed by atoms with Crippen molar-refractivity contribution in [1.82, 2.24) is 0 Å². The van der Waals surface area contributed by atoms with E-state index in [1.54, 1.807) is 0 Å². The molecule has 0 aromatic heterocycles. The van der Waals surface area contributed by atoms with Crippen LogP contribution in [0.2, 0.25) is 0 Å². The molecule has 104 heavy (non-hydrogen) atoms. The molecule has 20 rings (SSSR count). The molecule has 0 N–H and O–H groups in total. The molecule has 506 valence electrons. The van der Waals surface area contributed by atoms with Crippen molar-refractivity contribution in [1.29, 1.82) is 0 Å². The monoisotopic (exact) mass is 1340 g/mol. The first kappa shape index (κ1) is 67.1. The third kappa shape index (κ3) is 11.4. The number of hydrogen-bond donors (Lipinski definition) is 0. The van der Waals surface area contributed by atoms with Crippen LogP contribution in [0.25, 0.3) is 77.5 Å². The first-order valence-corrected chi connectivity index (χ1v) is 37.1. The highest BCUT2D eigenvalue weighted by Gasteiger charge is 2.52. The molecule has 0 atom stereocenters. The lowest BCUT2D eigenvalue weighted by atomic mass is 9.67. The molecule has 15 aromatic carbocycles. The van der Waals surface area contributed by atoms with E-state index in [0.717, 1.165) is 6.42 Å². The third-order valence-electron chi connectivity index (χ3n) is 23.0. The van der Waals surface area contributed by atoms with E-state index in [2.05, 4.69) is 399 Å². The van der Waals surface area contributed by atoms with Gasteiger partial charge in [-0.2, -0.15) is 0 Å². The molecule has 5 aliphatic rings. The maximum absolute atomic E-state index is 2.41. The average Bonchev–Trinajstić information content (AvgIpc) is 1.51. The quantitative estimate of drug-likeness (QED) is 0.165. The van der Waals surface area contributed by atoms with Gasteiger partial charge in [-0.3, -0.25) is 0 Å². The van der Waals surface area contributed by atoms with Crippen molar-refractivity contribution in [2.45, 2.75) is 106 Å². The standard InChI is InChI=1S/C27H20.C27H22.C18H16.C17H18.C15H14/c1-17-11-13-21-22-14-12-18(2)16-26(22)27(25(21)15-17)23-9-5-3-7-19(23)20-8-4-6-10-24(20)27;1-19-13-15-23-24-16-14-20(2)18-26(24)27(25(23)17-19,21-9-5-3-6-10-21)22-11-7-4-8-12-22;1-13-7-10-15(11-8-13)17-12-9-14(2)16-5-3-4-6-18(16)17;1-11-5-7-13-14-8-6-12(2)10-16(14)17(3,4)15(13)9-11;1-10-3-5-12-9-13-6-4-11(2)8-15(13)14(12)7-10/h3-16H,1-2H3;3-18H,1-2H3;3-12H,1-2H3;5-10H,1-4H3;3-8H,9H2,1-2H3. The Labute approximate surface area is 617 Å². The molecule has 0 amide bonds. The highest BCUT2D eigenvalue weighted by molar-refractivity contribution is 5.99. The van der Waals surface area contributed by atoms with E-state index in [0.29, 0.717) is 0 Å². The van der Waals surface area contributed by atoms with Gasteiger partial charge in [-0.1, -0.05) is 379 Å². The van der Waals surface area contributed by atoms with Crippen molar-refractivity contribution in [3.05, 3.63) is 438 Å². The van der Waals surface area contributed by atoms with Gasteiger partial charge in [-0.15, -0.1) is 0 Å². The summed E-state index contributed by atoms with van der Waals surface area (Å²) >= 11 is 0. The largest absolute Gasteiger partial charge is 0.0725 e. The number of fused-ring (bicyclic) bond motifs is 20. The fraction of sp³-hybridized carbons (Fsp3) is 0.154. The van der Waals surface area contributed by atoms with E-state index in [9.17, 15) is 0 Å². The van der Waals surface area contributed by atoms with Gasteiger partial charge in [0.2, 0.25) is 0 Å². The van der Waals surface area contributed by atoms with E-state index < -0.39 is 0 Å². The Morgan fingerprint density at radius 1 is 0.202 bits per heavy atom. The third-order valence-corrected chi connectivity index (χ3v) is 23.0. The second-order valence-electron chi connectivity index (χ2n) is 30.6. The highest BCUT2D eigenvalue weighted by Crippen LogP contribution is 2.63. The molecule has 1 spiro atoms. The van der Waals surface area contributed by atoms with E-state index in [-0.39, 0.29) is 16.2 Å². The molecule has 5 aliphatic carbocycles. The number of aryl methyl sites for hydroxylation is 10. The van der Waals surface area contributed by atoms with Crippen molar-refractivity contribution >= 4 is 10.8 Å². The Kier molecular flexibility index (Phi) is 17.2. The number of hydrogen-bond acceptors (Lipinski definition) is 0. The predicted molar refractivity (Wildman–Crippen MR) is 442 cm³/mol. The summed E-state index contributed by atoms with van der Waals surface area (Å²) in [4.78, 5) is 0. The number of rotatable bonds is 3. The highest BCUT2D eigenvalue weighted by atomic mass is 14.5. The van der Waals surface area contributed by atoms with E-state index >= 15 is 0 Å². The molecule has 15 aromatic rings. The van der Waals surface area contributed by atoms with Gasteiger partial charge in [0.15, 0.2) is 0 Å². The summed E-state index contributed by atoms with van der Waals surface area (Å²) in [6, 6.07) is 117. The van der Waals surface area contributed by atoms with Crippen molar-refractivity contribution in [3.63, 3.8) is 0 Å². The fourth-order valence-electron chi connectivity index (χ4n) is 17.9. The van der Waals surface area contributed by atoms with Crippen LogP contribution < -0.4 is 0 Å². The Hall–Kier alpha value is -11.4. The second-order valence-corrected chi connectivity index (χ2v) is 30.6. The Morgan fingerprint density at radius 3 is 0.913 bits per heavy atom. The van der Waals surface area contributed by atoms with Crippen molar-refractivity contribution in [3.8, 4) is 66.8 Å². The molecule has 0 heteroatoms. The molecule has 0 saturated carbocycles. The van der Waals surface area contributed by atoms with Gasteiger partial charge in [-0.05, 0) is 226 Å². The van der Waals surface area contributed by atoms with Crippen molar-refractivity contribution in [2.24, 2.45) is 0 Å². The van der Waals surface area contributed by atoms with Crippen LogP contribution in [0.15, 0.2) is 315 Å². The summed E-state index contributed by atoms with van der Waals surface area (Å²) in [6.07, 6.45) is 1.10. The summed E-state index contributed by atoms with van der Waals surface area (Å²) in [5, 5.41) is 2.68. The van der Waals surface area contributed by atoms with Gasteiger partial charge in [-0.25, -0.2) is 0 Å². The smallest absolute Gasteiger partial charge is 0.0622 e. The van der Waals surface area contributed by atoms with Gasteiger partial charge in [0.05, 0.1) is 10.8 Å². The summed E-state index contributed by atoms with van der Waals surface area (Å²) < 4.78 is 0. The van der Waals surface area contributed by atoms with E-state index in [1.165, 1.54) is 200 Å². The molecule has 0 heterocycles. The predicted octanol–water partition coefficient (Wildman–Crippen LogP) is 26.9. The lowest BCUT2D eigenvalue weighted by Gasteiger charge is -2.34. The van der Waals surface area contributed by atoms with Crippen LogP contribution in [-0.4, -0.2) is 0 Å². The molecule has 0 radical (unpaired) electrons. The van der Waals surface area contributed by atoms with Crippen molar-refractivity contribution < 1.29 is 0 Å². The lowest BCUT2D eigenvalue weighted by molar-refractivity contribution is 0.659. The first-order chi connectivity index (χ1) is 50.4. The Balaban J connectivity index is 0.000000102. The minimum absolute atomic E-state index is 0.142. The summed E-state index contributed by atoms with van der Waals surface area (Å²) in [6.45, 7) is 26.4. The zero-order valence-electron chi connectivity index (χ0n) is 62.2. The van der Waals surface area contributed by atoms with Gasteiger partial charge in [0, 0.05) is 5.41 Å². The summed E-state index contributed by atoms with van der Waals surface area (Å²) in [5.74, 6) is 0. The van der Waals surface area contributed by atoms with Crippen LogP contribution in [-0.2, 0) is 22.7 Å². The molecular weight excluding hydrogens is 1250 g/mol. The topological polar surface area (TPSA) is 0 Å². The molecule has 0 saturated heterocycles. The van der Waals surface area contributed by atoms with Gasteiger partial charge in [0.1, 0.15) is 0 Å². The van der Waals surface area contributed by atoms with Gasteiger partial charge in [0.25, 0.3) is 0 Å². The second kappa shape index (κ2) is 26.7. The van der Waals surface area contributed by atoms with Crippen LogP contribution in [0.3, 0.4) is 0 Å². The maximum atomic E-state index is 2.41. The average molecular weight is 1340 g/mol. The Morgan fingerprint density at radius 2 is 0.500 bits per heavy atom. The zero-order valence-corrected chi connectivity index (χ0v) is 62.2. The zero-order chi connectivity index (χ0) is 71.8. The maximum Gasteiger partial charge on any atom is 0.0725 e. The normalized spacial score (nSPS) is 13.6. The molecule has 0 unspecified atom stereocenters. The van der Waals surface area contributed by atoms with E-state index in [1.807, 2.05) is 0 Å². The van der Waals surface area contributed by atoms with Crippen molar-refractivity contribution in [2.75, 3.05) is 0 Å². The minimum atomic E-state index is -0.273. The number of benzene rings is 15. The first-order valence-electron chi connectivity index (χ1n) is 37.1. The molecular formula is C104H90. The van der Waals surface area contributed by atoms with Gasteiger partial charge >= 0.3 is 0 Å². The lowest BCUT2D eigenvalue weighted by Crippen LogP contribution is -2.28. The van der Waals surface area contributed by atoms with Crippen LogP contribution in [0, 0.1) is 69.2 Å². The molecule has 0 fully saturated rings. The van der Waals surface area contributed by atoms with Crippen LogP contribution in [0.5, 0.6) is 0 Å². The van der Waals surface area contributed by atoms with Crippen LogP contribution in [0.1, 0.15) is 136 Å². The van der Waals surface area contributed by atoms with E-state index in [4.69, 9.17) is 0 Å². The Bertz CT molecular complexity index is 5440. The SMILES string of the molecule is Cc1ccc(-c2ccc(C)c3ccccc23)cc1.Cc1ccc2c(c1)-c1cc(C)ccc1C2.Cc1ccc2c(c1)C(C)(C)c1cc(C)ccc1-2.Cc1ccc2c(c1)C(c1ccccc1)(c1ccccc1)c1cc(C)ccc1-2.Cc1ccc2c(c1)C1(c3ccccc3-c3ccccc31)c1cc(C)ccc1-2. The minimum Gasteiger partial charge on any atom is -0.0622 e. The molecule has 0 aliphatic heterocycles. The molecule has 0 bridgehead atoms. The van der Waals surface area contributed by atoms with Crippen LogP contribution >= 0.6 is 0 Å². The summed E-state index contributed by atoms with van der Waals surface area (Å²) in [5.41, 5.74) is 46.5. The van der Waals surface area contributed by atoms with Crippen LogP contribution in [0.4, 0.5) is 0 Å².